The molecule has 144 valence electrons. The maximum atomic E-state index is 12.1. The molecule has 3 rings (SSSR count). The highest BCUT2D eigenvalue weighted by molar-refractivity contribution is 9.10. The second-order valence-electron chi connectivity index (χ2n) is 6.10. The zero-order valence-corrected chi connectivity index (χ0v) is 18.5. The standard InChI is InChI=1S/C20H18BrN3O2S2/c1-12-3-8-17(13(2)9-12)26-10-18(25)23-19(27)24-20-22-16(11-28-20)14-4-6-15(21)7-5-14/h3-9,11H,10H2,1-2H3,(H2,22,23,24,25,27). The summed E-state index contributed by atoms with van der Waals surface area (Å²) < 4.78 is 6.57. The lowest BCUT2D eigenvalue weighted by Crippen LogP contribution is -2.37. The van der Waals surface area contributed by atoms with E-state index in [0.717, 1.165) is 26.9 Å². The van der Waals surface area contributed by atoms with Crippen LogP contribution in [-0.2, 0) is 4.79 Å². The maximum Gasteiger partial charge on any atom is 0.264 e. The summed E-state index contributed by atoms with van der Waals surface area (Å²) >= 11 is 10.0. The van der Waals surface area contributed by atoms with E-state index in [9.17, 15) is 4.79 Å². The third-order valence-corrected chi connectivity index (χ3v) is 5.30. The monoisotopic (exact) mass is 475 g/mol. The molecule has 0 radical (unpaired) electrons. The molecular formula is C20H18BrN3O2S2. The molecule has 2 aromatic carbocycles. The van der Waals surface area contributed by atoms with Gasteiger partial charge in [-0.2, -0.15) is 0 Å². The van der Waals surface area contributed by atoms with Crippen molar-refractivity contribution in [3.63, 3.8) is 0 Å². The fourth-order valence-electron chi connectivity index (χ4n) is 2.48. The van der Waals surface area contributed by atoms with Crippen LogP contribution in [-0.4, -0.2) is 22.6 Å². The number of ether oxygens (including phenoxy) is 1. The van der Waals surface area contributed by atoms with E-state index in [4.69, 9.17) is 17.0 Å². The van der Waals surface area contributed by atoms with Crippen LogP contribution in [0.4, 0.5) is 5.13 Å². The summed E-state index contributed by atoms with van der Waals surface area (Å²) in [7, 11) is 0. The second kappa shape index (κ2) is 9.27. The van der Waals surface area contributed by atoms with Gasteiger partial charge in [0, 0.05) is 15.4 Å². The third kappa shape index (κ3) is 5.60. The quantitative estimate of drug-likeness (QED) is 0.503. The molecule has 0 bridgehead atoms. The van der Waals surface area contributed by atoms with Gasteiger partial charge in [-0.3, -0.25) is 10.1 Å². The number of carbonyl (C=O) groups excluding carboxylic acids is 1. The Balaban J connectivity index is 1.51. The normalized spacial score (nSPS) is 10.4. The van der Waals surface area contributed by atoms with Crippen LogP contribution >= 0.6 is 39.5 Å². The Morgan fingerprint density at radius 2 is 1.96 bits per heavy atom. The number of anilines is 1. The average molecular weight is 476 g/mol. The number of aryl methyl sites for hydroxylation is 2. The first-order chi connectivity index (χ1) is 13.4. The highest BCUT2D eigenvalue weighted by Gasteiger charge is 2.10. The lowest BCUT2D eigenvalue weighted by Gasteiger charge is -2.10. The highest BCUT2D eigenvalue weighted by Crippen LogP contribution is 2.26. The van der Waals surface area contributed by atoms with E-state index >= 15 is 0 Å². The molecule has 3 aromatic rings. The van der Waals surface area contributed by atoms with Crippen molar-refractivity contribution < 1.29 is 9.53 Å². The van der Waals surface area contributed by atoms with Crippen LogP contribution in [0.5, 0.6) is 5.75 Å². The second-order valence-corrected chi connectivity index (χ2v) is 8.29. The van der Waals surface area contributed by atoms with Crippen LogP contribution in [0.25, 0.3) is 11.3 Å². The Labute approximate surface area is 181 Å². The van der Waals surface area contributed by atoms with E-state index in [2.05, 4.69) is 31.5 Å². The molecule has 0 aliphatic carbocycles. The van der Waals surface area contributed by atoms with Crippen LogP contribution in [0.3, 0.4) is 0 Å². The summed E-state index contributed by atoms with van der Waals surface area (Å²) in [6, 6.07) is 13.7. The lowest BCUT2D eigenvalue weighted by molar-refractivity contribution is -0.121. The summed E-state index contributed by atoms with van der Waals surface area (Å²) in [5.41, 5.74) is 3.97. The molecule has 0 fully saturated rings. The van der Waals surface area contributed by atoms with Crippen LogP contribution in [0.15, 0.2) is 52.3 Å². The molecule has 0 atom stereocenters. The summed E-state index contributed by atoms with van der Waals surface area (Å²) in [5.74, 6) is 0.348. The molecule has 0 saturated heterocycles. The van der Waals surface area contributed by atoms with Gasteiger partial charge in [0.2, 0.25) is 0 Å². The van der Waals surface area contributed by atoms with Crippen molar-refractivity contribution in [1.29, 1.82) is 0 Å². The number of thiazole rings is 1. The molecule has 0 saturated carbocycles. The van der Waals surface area contributed by atoms with Crippen molar-refractivity contribution in [2.75, 3.05) is 11.9 Å². The van der Waals surface area contributed by atoms with Crippen molar-refractivity contribution >= 4 is 55.6 Å². The summed E-state index contributed by atoms with van der Waals surface area (Å²) in [4.78, 5) is 16.6. The zero-order chi connectivity index (χ0) is 20.1. The number of thiocarbonyl (C=S) groups is 1. The van der Waals surface area contributed by atoms with Crippen LogP contribution in [0, 0.1) is 13.8 Å². The molecule has 1 aromatic heterocycles. The minimum atomic E-state index is -0.331. The van der Waals surface area contributed by atoms with Gasteiger partial charge in [-0.25, -0.2) is 4.98 Å². The number of halogens is 1. The molecule has 0 aliphatic rings. The summed E-state index contributed by atoms with van der Waals surface area (Å²) in [6.07, 6.45) is 0. The van der Waals surface area contributed by atoms with Crippen LogP contribution < -0.4 is 15.4 Å². The van der Waals surface area contributed by atoms with Crippen molar-refractivity contribution in [2.24, 2.45) is 0 Å². The largest absolute Gasteiger partial charge is 0.483 e. The molecule has 5 nitrogen and oxygen atoms in total. The van der Waals surface area contributed by atoms with E-state index < -0.39 is 0 Å². The van der Waals surface area contributed by atoms with Crippen molar-refractivity contribution in [3.05, 3.63) is 63.4 Å². The third-order valence-electron chi connectivity index (χ3n) is 3.81. The van der Waals surface area contributed by atoms with E-state index in [1.807, 2.05) is 61.7 Å². The Morgan fingerprint density at radius 1 is 1.21 bits per heavy atom. The van der Waals surface area contributed by atoms with Gasteiger partial charge in [0.1, 0.15) is 5.75 Å². The SMILES string of the molecule is Cc1ccc(OCC(=O)NC(=S)Nc2nc(-c3ccc(Br)cc3)cs2)c(C)c1. The Hall–Kier alpha value is -2.29. The number of hydrogen-bond acceptors (Lipinski definition) is 5. The highest BCUT2D eigenvalue weighted by atomic mass is 79.9. The first kappa shape index (κ1) is 20.4. The Bertz CT molecular complexity index is 1000. The number of benzene rings is 2. The number of rotatable bonds is 5. The van der Waals surface area contributed by atoms with E-state index in [1.165, 1.54) is 11.3 Å². The topological polar surface area (TPSA) is 63.2 Å². The molecule has 0 unspecified atom stereocenters. The fourth-order valence-corrected chi connectivity index (χ4v) is 3.74. The van der Waals surface area contributed by atoms with E-state index in [0.29, 0.717) is 10.9 Å². The fraction of sp³-hybridized carbons (Fsp3) is 0.150. The van der Waals surface area contributed by atoms with Crippen molar-refractivity contribution in [1.82, 2.24) is 10.3 Å². The molecule has 1 heterocycles. The molecule has 8 heteroatoms. The smallest absolute Gasteiger partial charge is 0.264 e. The number of amides is 1. The van der Waals surface area contributed by atoms with E-state index in [1.54, 1.807) is 0 Å². The first-order valence-corrected chi connectivity index (χ1v) is 10.5. The van der Waals surface area contributed by atoms with Gasteiger partial charge in [-0.1, -0.05) is 45.8 Å². The van der Waals surface area contributed by atoms with Gasteiger partial charge < -0.3 is 10.1 Å². The van der Waals surface area contributed by atoms with Gasteiger partial charge in [0.15, 0.2) is 16.9 Å². The van der Waals surface area contributed by atoms with Crippen molar-refractivity contribution in [3.8, 4) is 17.0 Å². The Morgan fingerprint density at radius 3 is 2.68 bits per heavy atom. The van der Waals surface area contributed by atoms with Gasteiger partial charge in [0.25, 0.3) is 5.91 Å². The van der Waals surface area contributed by atoms with Crippen LogP contribution in [0.1, 0.15) is 11.1 Å². The zero-order valence-electron chi connectivity index (χ0n) is 15.3. The molecular weight excluding hydrogens is 458 g/mol. The maximum absolute atomic E-state index is 12.1. The predicted molar refractivity (Wildman–Crippen MR) is 121 cm³/mol. The number of carbonyl (C=O) groups is 1. The van der Waals surface area contributed by atoms with Gasteiger partial charge >= 0.3 is 0 Å². The minimum Gasteiger partial charge on any atom is -0.483 e. The van der Waals surface area contributed by atoms with Crippen LogP contribution in [0.2, 0.25) is 0 Å². The lowest BCUT2D eigenvalue weighted by atomic mass is 10.1. The molecule has 28 heavy (non-hydrogen) atoms. The van der Waals surface area contributed by atoms with Gasteiger partial charge in [0.05, 0.1) is 5.69 Å². The number of nitrogens with zero attached hydrogens (tertiary/aromatic N) is 1. The number of aromatic nitrogens is 1. The number of nitrogens with one attached hydrogen (secondary N) is 2. The molecule has 2 N–H and O–H groups in total. The van der Waals surface area contributed by atoms with E-state index in [-0.39, 0.29) is 17.6 Å². The molecule has 1 amide bonds. The predicted octanol–water partition coefficient (Wildman–Crippen LogP) is 5.08. The summed E-state index contributed by atoms with van der Waals surface area (Å²) in [5, 5.41) is 8.26. The van der Waals surface area contributed by atoms with Crippen molar-refractivity contribution in [2.45, 2.75) is 13.8 Å². The number of hydrogen-bond donors (Lipinski definition) is 2. The Kier molecular flexibility index (Phi) is 6.77. The molecule has 0 spiro atoms. The average Bonchev–Trinajstić information content (AvgIpc) is 3.09. The molecule has 0 aliphatic heterocycles. The van der Waals surface area contributed by atoms with Gasteiger partial charge in [-0.15, -0.1) is 11.3 Å². The van der Waals surface area contributed by atoms with Gasteiger partial charge in [-0.05, 0) is 49.8 Å². The summed E-state index contributed by atoms with van der Waals surface area (Å²) in [6.45, 7) is 3.83. The first-order valence-electron chi connectivity index (χ1n) is 8.43. The minimum absolute atomic E-state index is 0.117.